The number of H-pyrrole nitrogens is 1. The standard InChI is InChI=1S/C21H22F2N4O2/c1-3-12(2)25-21(29)14-6-4-5-13(9-14)11-24-20(28)15-7-8-16-17(10-15)27-19(26-16)18(22)23/h4-10,12,18H,3,11H2,1-2H3,(H,24,28)(H,25,29)(H,26,27). The molecule has 8 heteroatoms. The van der Waals surface area contributed by atoms with Crippen LogP contribution in [-0.4, -0.2) is 27.8 Å². The number of carbonyl (C=O) groups excluding carboxylic acids is 2. The van der Waals surface area contributed by atoms with E-state index in [0.29, 0.717) is 22.2 Å². The maximum Gasteiger partial charge on any atom is 0.295 e. The lowest BCUT2D eigenvalue weighted by Gasteiger charge is -2.12. The van der Waals surface area contributed by atoms with Crippen molar-refractivity contribution in [3.63, 3.8) is 0 Å². The van der Waals surface area contributed by atoms with Crippen LogP contribution in [0.5, 0.6) is 0 Å². The Morgan fingerprint density at radius 3 is 2.59 bits per heavy atom. The van der Waals surface area contributed by atoms with E-state index in [1.807, 2.05) is 19.9 Å². The van der Waals surface area contributed by atoms with Crippen molar-refractivity contribution < 1.29 is 18.4 Å². The van der Waals surface area contributed by atoms with Gasteiger partial charge in [-0.3, -0.25) is 9.59 Å². The van der Waals surface area contributed by atoms with Crippen LogP contribution in [0, 0.1) is 0 Å². The zero-order chi connectivity index (χ0) is 21.0. The molecular weight excluding hydrogens is 378 g/mol. The molecule has 152 valence electrons. The fourth-order valence-corrected chi connectivity index (χ4v) is 2.79. The second kappa shape index (κ2) is 8.81. The molecular formula is C21H22F2N4O2. The van der Waals surface area contributed by atoms with Crippen LogP contribution in [0.1, 0.15) is 58.8 Å². The lowest BCUT2D eigenvalue weighted by Crippen LogP contribution is -2.32. The number of amides is 2. The molecule has 0 radical (unpaired) electrons. The van der Waals surface area contributed by atoms with Gasteiger partial charge < -0.3 is 15.6 Å². The van der Waals surface area contributed by atoms with E-state index < -0.39 is 12.2 Å². The first-order chi connectivity index (χ1) is 13.9. The molecule has 0 saturated heterocycles. The summed E-state index contributed by atoms with van der Waals surface area (Å²) < 4.78 is 25.5. The van der Waals surface area contributed by atoms with E-state index in [2.05, 4.69) is 20.6 Å². The highest BCUT2D eigenvalue weighted by Crippen LogP contribution is 2.20. The summed E-state index contributed by atoms with van der Waals surface area (Å²) in [6, 6.07) is 11.6. The van der Waals surface area contributed by atoms with Crippen LogP contribution in [0.2, 0.25) is 0 Å². The zero-order valence-corrected chi connectivity index (χ0v) is 16.1. The number of rotatable bonds is 7. The second-order valence-electron chi connectivity index (χ2n) is 6.82. The number of hydrogen-bond acceptors (Lipinski definition) is 3. The number of carbonyl (C=O) groups is 2. The minimum absolute atomic E-state index is 0.0776. The minimum Gasteiger partial charge on any atom is -0.350 e. The van der Waals surface area contributed by atoms with E-state index in [4.69, 9.17) is 0 Å². The molecule has 0 saturated carbocycles. The van der Waals surface area contributed by atoms with Crippen LogP contribution < -0.4 is 10.6 Å². The number of nitrogens with zero attached hydrogens (tertiary/aromatic N) is 1. The van der Waals surface area contributed by atoms with Gasteiger partial charge in [-0.15, -0.1) is 0 Å². The number of nitrogens with one attached hydrogen (secondary N) is 3. The zero-order valence-electron chi connectivity index (χ0n) is 16.1. The first kappa shape index (κ1) is 20.4. The molecule has 0 bridgehead atoms. The van der Waals surface area contributed by atoms with Crippen molar-refractivity contribution in [2.75, 3.05) is 0 Å². The van der Waals surface area contributed by atoms with E-state index >= 15 is 0 Å². The third-order valence-electron chi connectivity index (χ3n) is 4.60. The predicted molar refractivity (Wildman–Crippen MR) is 106 cm³/mol. The van der Waals surface area contributed by atoms with E-state index in [1.54, 1.807) is 18.2 Å². The van der Waals surface area contributed by atoms with Gasteiger partial charge >= 0.3 is 0 Å². The molecule has 0 aliphatic rings. The Kier molecular flexibility index (Phi) is 6.21. The van der Waals surface area contributed by atoms with Crippen molar-refractivity contribution in [1.82, 2.24) is 20.6 Å². The Morgan fingerprint density at radius 1 is 1.10 bits per heavy atom. The molecule has 3 N–H and O–H groups in total. The van der Waals surface area contributed by atoms with Gasteiger partial charge in [0.1, 0.15) is 0 Å². The maximum absolute atomic E-state index is 12.8. The van der Waals surface area contributed by atoms with E-state index in [1.165, 1.54) is 18.2 Å². The summed E-state index contributed by atoms with van der Waals surface area (Å²) in [7, 11) is 0. The highest BCUT2D eigenvalue weighted by atomic mass is 19.3. The Hall–Kier alpha value is -3.29. The smallest absolute Gasteiger partial charge is 0.295 e. The number of imidazole rings is 1. The summed E-state index contributed by atoms with van der Waals surface area (Å²) >= 11 is 0. The summed E-state index contributed by atoms with van der Waals surface area (Å²) in [6.07, 6.45) is -1.87. The largest absolute Gasteiger partial charge is 0.350 e. The molecule has 0 aliphatic carbocycles. The molecule has 0 aliphatic heterocycles. The van der Waals surface area contributed by atoms with Gasteiger partial charge in [-0.25, -0.2) is 13.8 Å². The van der Waals surface area contributed by atoms with E-state index in [9.17, 15) is 18.4 Å². The first-order valence-corrected chi connectivity index (χ1v) is 9.33. The second-order valence-corrected chi connectivity index (χ2v) is 6.82. The van der Waals surface area contributed by atoms with Crippen molar-refractivity contribution in [2.24, 2.45) is 0 Å². The normalized spacial score (nSPS) is 12.2. The summed E-state index contributed by atoms with van der Waals surface area (Å²) in [5.74, 6) is -0.938. The van der Waals surface area contributed by atoms with Crippen molar-refractivity contribution in [2.45, 2.75) is 39.3 Å². The Balaban J connectivity index is 1.67. The lowest BCUT2D eigenvalue weighted by molar-refractivity contribution is 0.0936. The number of alkyl halides is 2. The number of hydrogen-bond donors (Lipinski definition) is 3. The minimum atomic E-state index is -2.70. The summed E-state index contributed by atoms with van der Waals surface area (Å²) in [5, 5.41) is 5.68. The molecule has 0 spiro atoms. The summed E-state index contributed by atoms with van der Waals surface area (Å²) in [4.78, 5) is 31.0. The maximum atomic E-state index is 12.8. The van der Waals surface area contributed by atoms with Gasteiger partial charge in [-0.2, -0.15) is 0 Å². The molecule has 2 aromatic carbocycles. The van der Waals surface area contributed by atoms with Gasteiger partial charge in [0.05, 0.1) is 11.0 Å². The molecule has 6 nitrogen and oxygen atoms in total. The van der Waals surface area contributed by atoms with E-state index in [0.717, 1.165) is 12.0 Å². The molecule has 0 fully saturated rings. The Morgan fingerprint density at radius 2 is 1.86 bits per heavy atom. The fraction of sp³-hybridized carbons (Fsp3) is 0.286. The molecule has 1 aromatic heterocycles. The topological polar surface area (TPSA) is 86.9 Å². The molecule has 3 rings (SSSR count). The first-order valence-electron chi connectivity index (χ1n) is 9.33. The van der Waals surface area contributed by atoms with Gasteiger partial charge in [0.15, 0.2) is 5.82 Å². The Labute approximate surface area is 166 Å². The van der Waals surface area contributed by atoms with Crippen LogP contribution in [-0.2, 0) is 6.54 Å². The van der Waals surface area contributed by atoms with Crippen molar-refractivity contribution in [3.8, 4) is 0 Å². The van der Waals surface area contributed by atoms with Gasteiger partial charge in [0, 0.05) is 23.7 Å². The average Bonchev–Trinajstić information content (AvgIpc) is 3.15. The highest BCUT2D eigenvalue weighted by Gasteiger charge is 2.14. The van der Waals surface area contributed by atoms with Gasteiger partial charge in [-0.05, 0) is 49.2 Å². The van der Waals surface area contributed by atoms with Gasteiger partial charge in [-0.1, -0.05) is 19.1 Å². The number of aromatic nitrogens is 2. The molecule has 1 unspecified atom stereocenters. The Bertz CT molecular complexity index is 1030. The highest BCUT2D eigenvalue weighted by molar-refractivity contribution is 5.97. The monoisotopic (exact) mass is 400 g/mol. The third-order valence-corrected chi connectivity index (χ3v) is 4.60. The van der Waals surface area contributed by atoms with Crippen molar-refractivity contribution in [3.05, 3.63) is 65.0 Å². The number of fused-ring (bicyclic) bond motifs is 1. The van der Waals surface area contributed by atoms with Crippen molar-refractivity contribution in [1.29, 1.82) is 0 Å². The van der Waals surface area contributed by atoms with Gasteiger partial charge in [0.25, 0.3) is 18.2 Å². The molecule has 29 heavy (non-hydrogen) atoms. The molecule has 1 atom stereocenters. The molecule has 3 aromatic rings. The van der Waals surface area contributed by atoms with Crippen LogP contribution in [0.4, 0.5) is 8.78 Å². The van der Waals surface area contributed by atoms with E-state index in [-0.39, 0.29) is 24.4 Å². The lowest BCUT2D eigenvalue weighted by atomic mass is 10.1. The SMILES string of the molecule is CCC(C)NC(=O)c1cccc(CNC(=O)c2ccc3nc(C(F)F)[nH]c3c2)c1. The van der Waals surface area contributed by atoms with Crippen LogP contribution in [0.25, 0.3) is 11.0 Å². The third kappa shape index (κ3) is 4.96. The van der Waals surface area contributed by atoms with Gasteiger partial charge in [0.2, 0.25) is 0 Å². The molecule has 2 amide bonds. The predicted octanol–water partition coefficient (Wildman–Crippen LogP) is 3.96. The fourth-order valence-electron chi connectivity index (χ4n) is 2.79. The quantitative estimate of drug-likeness (QED) is 0.561. The van der Waals surface area contributed by atoms with Crippen molar-refractivity contribution >= 4 is 22.8 Å². The number of halogens is 2. The van der Waals surface area contributed by atoms with Crippen LogP contribution in [0.15, 0.2) is 42.5 Å². The summed E-state index contributed by atoms with van der Waals surface area (Å²) in [6.45, 7) is 4.15. The average molecular weight is 400 g/mol. The number of benzene rings is 2. The summed E-state index contributed by atoms with van der Waals surface area (Å²) in [5.41, 5.74) is 2.37. The van der Waals surface area contributed by atoms with Crippen LogP contribution >= 0.6 is 0 Å². The molecule has 1 heterocycles. The number of aromatic amines is 1. The van der Waals surface area contributed by atoms with Crippen LogP contribution in [0.3, 0.4) is 0 Å².